The second-order valence-corrected chi connectivity index (χ2v) is 2.53. The molecule has 0 bridgehead atoms. The summed E-state index contributed by atoms with van der Waals surface area (Å²) >= 11 is 0. The zero-order valence-corrected chi connectivity index (χ0v) is 6.02. The summed E-state index contributed by atoms with van der Waals surface area (Å²) < 4.78 is 5.29. The minimum atomic E-state index is 0.701. The molecule has 1 fully saturated rings. The first kappa shape index (κ1) is 7.03. The van der Waals surface area contributed by atoms with Crippen LogP contribution >= 0.6 is 0 Å². The highest BCUT2D eigenvalue weighted by Gasteiger charge is 2.08. The van der Waals surface area contributed by atoms with Crippen molar-refractivity contribution in [3.63, 3.8) is 0 Å². The Labute approximate surface area is 56.6 Å². The number of hydrogen-bond acceptors (Lipinski definition) is 2. The van der Waals surface area contributed by atoms with Crippen LogP contribution < -0.4 is 5.32 Å². The molecule has 2 heteroatoms. The van der Waals surface area contributed by atoms with Crippen molar-refractivity contribution in [2.45, 2.75) is 25.3 Å². The van der Waals surface area contributed by atoms with Gasteiger partial charge < -0.3 is 10.1 Å². The van der Waals surface area contributed by atoms with Gasteiger partial charge in [0, 0.05) is 19.3 Å². The minimum Gasteiger partial charge on any atom is -0.381 e. The molecule has 9 heavy (non-hydrogen) atoms. The third kappa shape index (κ3) is 2.33. The van der Waals surface area contributed by atoms with Gasteiger partial charge in [-0.1, -0.05) is 0 Å². The Morgan fingerprint density at radius 1 is 1.33 bits per heavy atom. The second kappa shape index (κ2) is 3.85. The van der Waals surface area contributed by atoms with Gasteiger partial charge in [-0.15, -0.1) is 0 Å². The lowest BCUT2D eigenvalue weighted by Crippen LogP contribution is -2.24. The van der Waals surface area contributed by atoms with Crippen LogP contribution in [0, 0.1) is 0 Å². The Morgan fingerprint density at radius 2 is 2.22 bits per heavy atom. The van der Waals surface area contributed by atoms with Gasteiger partial charge in [-0.25, -0.2) is 0 Å². The molecular formula is C7H15NO. The molecule has 1 aliphatic heterocycles. The maximum absolute atomic E-state index is 5.29. The lowest BCUT2D eigenvalue weighted by atomic mass is 10.1. The van der Waals surface area contributed by atoms with E-state index < -0.39 is 0 Å². The fraction of sp³-hybridized carbons (Fsp3) is 1.00. The van der Waals surface area contributed by atoms with Gasteiger partial charge in [-0.2, -0.15) is 0 Å². The highest BCUT2D eigenvalue weighted by molar-refractivity contribution is 4.66. The molecule has 0 spiro atoms. The first-order valence-electron chi connectivity index (χ1n) is 3.68. The summed E-state index contributed by atoms with van der Waals surface area (Å²) in [4.78, 5) is 0. The van der Waals surface area contributed by atoms with Gasteiger partial charge in [0.1, 0.15) is 0 Å². The van der Waals surface area contributed by atoms with E-state index in [1.54, 1.807) is 0 Å². The van der Waals surface area contributed by atoms with E-state index >= 15 is 0 Å². The van der Waals surface area contributed by atoms with Crippen LogP contribution in [-0.4, -0.2) is 26.3 Å². The summed E-state index contributed by atoms with van der Waals surface area (Å²) in [6, 6.07) is 0.701. The van der Waals surface area contributed by atoms with Gasteiger partial charge in [-0.3, -0.25) is 0 Å². The van der Waals surface area contributed by atoms with E-state index in [1.165, 1.54) is 19.3 Å². The molecule has 0 radical (unpaired) electrons. The molecule has 1 heterocycles. The first-order chi connectivity index (χ1) is 4.43. The van der Waals surface area contributed by atoms with Gasteiger partial charge in [0.25, 0.3) is 0 Å². The molecule has 54 valence electrons. The molecular weight excluding hydrogens is 114 g/mol. The fourth-order valence-electron chi connectivity index (χ4n) is 1.19. The Morgan fingerprint density at radius 3 is 3.00 bits per heavy atom. The van der Waals surface area contributed by atoms with Gasteiger partial charge in [-0.05, 0) is 26.3 Å². The zero-order chi connectivity index (χ0) is 6.53. The molecule has 1 saturated heterocycles. The van der Waals surface area contributed by atoms with E-state index in [-0.39, 0.29) is 0 Å². The summed E-state index contributed by atoms with van der Waals surface area (Å²) in [5, 5.41) is 3.26. The second-order valence-electron chi connectivity index (χ2n) is 2.53. The van der Waals surface area contributed by atoms with Crippen LogP contribution in [0.25, 0.3) is 0 Å². The van der Waals surface area contributed by atoms with E-state index in [0.29, 0.717) is 6.04 Å². The van der Waals surface area contributed by atoms with Crippen molar-refractivity contribution in [1.82, 2.24) is 5.32 Å². The van der Waals surface area contributed by atoms with Crippen molar-refractivity contribution >= 4 is 0 Å². The van der Waals surface area contributed by atoms with Crippen molar-refractivity contribution in [1.29, 1.82) is 0 Å². The van der Waals surface area contributed by atoms with E-state index in [2.05, 4.69) is 5.32 Å². The predicted octanol–water partition coefficient (Wildman–Crippen LogP) is 0.775. The number of hydrogen-bond donors (Lipinski definition) is 1. The Kier molecular flexibility index (Phi) is 3.01. The van der Waals surface area contributed by atoms with E-state index in [1.807, 2.05) is 7.05 Å². The first-order valence-corrected chi connectivity index (χ1v) is 3.68. The molecule has 1 atom stereocenters. The van der Waals surface area contributed by atoms with Gasteiger partial charge in [0.05, 0.1) is 0 Å². The summed E-state index contributed by atoms with van der Waals surface area (Å²) in [6.45, 7) is 1.89. The third-order valence-corrected chi connectivity index (χ3v) is 1.86. The van der Waals surface area contributed by atoms with Crippen molar-refractivity contribution < 1.29 is 4.74 Å². The topological polar surface area (TPSA) is 21.3 Å². The summed E-state index contributed by atoms with van der Waals surface area (Å²) in [6.07, 6.45) is 3.67. The zero-order valence-electron chi connectivity index (χ0n) is 6.02. The Bertz CT molecular complexity index is 67.3. The summed E-state index contributed by atoms with van der Waals surface area (Å²) in [5.74, 6) is 0. The molecule has 0 aromatic carbocycles. The minimum absolute atomic E-state index is 0.701. The molecule has 1 N–H and O–H groups in total. The number of ether oxygens (including phenoxy) is 1. The van der Waals surface area contributed by atoms with Gasteiger partial charge in [0.2, 0.25) is 0 Å². The molecule has 0 saturated carbocycles. The van der Waals surface area contributed by atoms with E-state index in [9.17, 15) is 0 Å². The average molecular weight is 129 g/mol. The normalized spacial score (nSPS) is 29.7. The maximum Gasteiger partial charge on any atom is 0.0480 e. The Balaban J connectivity index is 2.18. The van der Waals surface area contributed by atoms with E-state index in [0.717, 1.165) is 13.2 Å². The summed E-state index contributed by atoms with van der Waals surface area (Å²) in [5.41, 5.74) is 0. The molecule has 2 nitrogen and oxygen atoms in total. The smallest absolute Gasteiger partial charge is 0.0480 e. The third-order valence-electron chi connectivity index (χ3n) is 1.86. The van der Waals surface area contributed by atoms with Crippen molar-refractivity contribution in [3.8, 4) is 0 Å². The van der Waals surface area contributed by atoms with Gasteiger partial charge in [0.15, 0.2) is 0 Å². The molecule has 0 aliphatic carbocycles. The van der Waals surface area contributed by atoms with Crippen LogP contribution in [0.3, 0.4) is 0 Å². The number of rotatable bonds is 1. The van der Waals surface area contributed by atoms with Crippen LogP contribution in [0.2, 0.25) is 0 Å². The van der Waals surface area contributed by atoms with Crippen LogP contribution in [0.15, 0.2) is 0 Å². The lowest BCUT2D eigenvalue weighted by Gasteiger charge is -2.09. The van der Waals surface area contributed by atoms with Crippen molar-refractivity contribution in [2.75, 3.05) is 20.3 Å². The van der Waals surface area contributed by atoms with E-state index in [4.69, 9.17) is 4.74 Å². The van der Waals surface area contributed by atoms with Crippen molar-refractivity contribution in [2.24, 2.45) is 0 Å². The SMILES string of the molecule is CNC1CCCOCC1. The largest absolute Gasteiger partial charge is 0.381 e. The van der Waals surface area contributed by atoms with Crippen LogP contribution in [-0.2, 0) is 4.74 Å². The lowest BCUT2D eigenvalue weighted by molar-refractivity contribution is 0.143. The highest BCUT2D eigenvalue weighted by atomic mass is 16.5. The molecule has 0 amide bonds. The van der Waals surface area contributed by atoms with Gasteiger partial charge >= 0.3 is 0 Å². The van der Waals surface area contributed by atoms with Crippen molar-refractivity contribution in [3.05, 3.63) is 0 Å². The molecule has 0 aromatic rings. The van der Waals surface area contributed by atoms with Crippen LogP contribution in [0.1, 0.15) is 19.3 Å². The van der Waals surface area contributed by atoms with Crippen LogP contribution in [0.4, 0.5) is 0 Å². The summed E-state index contributed by atoms with van der Waals surface area (Å²) in [7, 11) is 2.02. The molecule has 1 aliphatic rings. The average Bonchev–Trinajstić information content (AvgIpc) is 2.13. The standard InChI is InChI=1S/C7H15NO/c1-8-7-3-2-5-9-6-4-7/h7-8H,2-6H2,1H3. The molecule has 0 aromatic heterocycles. The Hall–Kier alpha value is -0.0800. The highest BCUT2D eigenvalue weighted by Crippen LogP contribution is 2.06. The maximum atomic E-state index is 5.29. The van der Waals surface area contributed by atoms with Crippen LogP contribution in [0.5, 0.6) is 0 Å². The monoisotopic (exact) mass is 129 g/mol. The fourth-order valence-corrected chi connectivity index (χ4v) is 1.19. The predicted molar refractivity (Wildman–Crippen MR) is 37.5 cm³/mol. The molecule has 1 unspecified atom stereocenters. The quantitative estimate of drug-likeness (QED) is 0.564. The number of nitrogens with one attached hydrogen (secondary N) is 1. The molecule has 1 rings (SSSR count).